The first-order chi connectivity index (χ1) is 21.2. The van der Waals surface area contributed by atoms with Crippen LogP contribution < -0.4 is 16.0 Å². The minimum Gasteiger partial charge on any atom is -0.361 e. The molecule has 0 aliphatic carbocycles. The zero-order valence-electron chi connectivity index (χ0n) is 22.9. The second kappa shape index (κ2) is 13.3. The summed E-state index contributed by atoms with van der Waals surface area (Å²) in [5, 5.41) is 8.85. The number of alkyl halides is 3. The van der Waals surface area contributed by atoms with Gasteiger partial charge in [0.25, 0.3) is 11.8 Å². The molecular formula is C33H25F3N4O3S. The summed E-state index contributed by atoms with van der Waals surface area (Å²) in [6, 6.07) is 27.2. The van der Waals surface area contributed by atoms with Gasteiger partial charge in [0.05, 0.1) is 11.3 Å². The lowest BCUT2D eigenvalue weighted by Gasteiger charge is -2.12. The highest BCUT2D eigenvalue weighted by molar-refractivity contribution is 8.00. The quantitative estimate of drug-likeness (QED) is 0.103. The Bertz CT molecular complexity index is 1850. The number of anilines is 2. The number of benzene rings is 4. The van der Waals surface area contributed by atoms with Crippen LogP contribution in [0.15, 0.2) is 120 Å². The molecule has 0 fully saturated rings. The third-order valence-corrected chi connectivity index (χ3v) is 7.38. The number of carbonyl (C=O) groups is 3. The number of aromatic amines is 1. The van der Waals surface area contributed by atoms with Gasteiger partial charge in [-0.15, -0.1) is 11.8 Å². The van der Waals surface area contributed by atoms with Crippen molar-refractivity contribution in [2.45, 2.75) is 11.1 Å². The fourth-order valence-electron chi connectivity index (χ4n) is 4.29. The van der Waals surface area contributed by atoms with E-state index in [4.69, 9.17) is 0 Å². The Labute approximate surface area is 254 Å². The van der Waals surface area contributed by atoms with Gasteiger partial charge in [0.1, 0.15) is 5.70 Å². The fraction of sp³-hybridized carbons (Fsp3) is 0.0606. The first kappa shape index (κ1) is 30.2. The van der Waals surface area contributed by atoms with E-state index in [-0.39, 0.29) is 17.1 Å². The van der Waals surface area contributed by atoms with Gasteiger partial charge in [-0.1, -0.05) is 48.5 Å². The first-order valence-electron chi connectivity index (χ1n) is 13.3. The fourth-order valence-corrected chi connectivity index (χ4v) is 5.05. The molecule has 0 atom stereocenters. The average molecular weight is 615 g/mol. The van der Waals surface area contributed by atoms with E-state index in [1.807, 2.05) is 24.3 Å². The molecule has 4 aromatic carbocycles. The maximum atomic E-state index is 13.5. The molecule has 0 saturated heterocycles. The molecular weight excluding hydrogens is 589 g/mol. The molecule has 44 heavy (non-hydrogen) atoms. The Hall–Kier alpha value is -5.29. The molecule has 1 aromatic heterocycles. The third kappa shape index (κ3) is 7.75. The zero-order valence-corrected chi connectivity index (χ0v) is 23.8. The molecule has 1 heterocycles. The Morgan fingerprint density at radius 3 is 2.27 bits per heavy atom. The summed E-state index contributed by atoms with van der Waals surface area (Å²) in [6.07, 6.45) is -1.19. The molecule has 0 saturated carbocycles. The Kier molecular flexibility index (Phi) is 9.15. The summed E-state index contributed by atoms with van der Waals surface area (Å²) in [6.45, 7) is 0. The van der Waals surface area contributed by atoms with Gasteiger partial charge in [0.15, 0.2) is 0 Å². The van der Waals surface area contributed by atoms with Crippen molar-refractivity contribution in [3.8, 4) is 0 Å². The number of nitrogens with one attached hydrogen (secondary N) is 4. The van der Waals surface area contributed by atoms with Crippen molar-refractivity contribution >= 4 is 57.8 Å². The molecule has 3 amide bonds. The number of para-hydroxylation sites is 1. The van der Waals surface area contributed by atoms with Gasteiger partial charge < -0.3 is 20.9 Å². The zero-order chi connectivity index (χ0) is 31.1. The van der Waals surface area contributed by atoms with Crippen LogP contribution in [0.3, 0.4) is 0 Å². The predicted molar refractivity (Wildman–Crippen MR) is 166 cm³/mol. The van der Waals surface area contributed by atoms with Crippen molar-refractivity contribution in [1.29, 1.82) is 0 Å². The monoisotopic (exact) mass is 614 g/mol. The molecule has 11 heteroatoms. The predicted octanol–water partition coefficient (Wildman–Crippen LogP) is 7.33. The summed E-state index contributed by atoms with van der Waals surface area (Å²) >= 11 is 1.15. The summed E-state index contributed by atoms with van der Waals surface area (Å²) in [5.41, 5.74) is 1.57. The van der Waals surface area contributed by atoms with E-state index in [1.54, 1.807) is 66.9 Å². The number of amides is 3. The van der Waals surface area contributed by atoms with Crippen LogP contribution in [0.25, 0.3) is 17.0 Å². The van der Waals surface area contributed by atoms with E-state index in [2.05, 4.69) is 20.9 Å². The molecule has 5 rings (SSSR count). The molecule has 0 spiro atoms. The van der Waals surface area contributed by atoms with Crippen LogP contribution in [0.5, 0.6) is 0 Å². The van der Waals surface area contributed by atoms with Crippen LogP contribution in [-0.4, -0.2) is 28.5 Å². The molecule has 0 radical (unpaired) electrons. The van der Waals surface area contributed by atoms with Crippen molar-refractivity contribution in [3.63, 3.8) is 0 Å². The molecule has 7 nitrogen and oxygen atoms in total. The highest BCUT2D eigenvalue weighted by Crippen LogP contribution is 2.31. The van der Waals surface area contributed by atoms with Crippen molar-refractivity contribution in [1.82, 2.24) is 10.3 Å². The van der Waals surface area contributed by atoms with Gasteiger partial charge in [-0.25, -0.2) is 0 Å². The van der Waals surface area contributed by atoms with E-state index < -0.39 is 29.5 Å². The lowest BCUT2D eigenvalue weighted by atomic mass is 10.1. The highest BCUT2D eigenvalue weighted by atomic mass is 32.2. The Morgan fingerprint density at radius 2 is 1.50 bits per heavy atom. The van der Waals surface area contributed by atoms with Gasteiger partial charge in [-0.05, 0) is 60.7 Å². The number of rotatable bonds is 9. The first-order valence-corrected chi connectivity index (χ1v) is 14.3. The van der Waals surface area contributed by atoms with Crippen molar-refractivity contribution in [2.75, 3.05) is 16.4 Å². The van der Waals surface area contributed by atoms with Crippen molar-refractivity contribution < 1.29 is 27.6 Å². The van der Waals surface area contributed by atoms with Crippen LogP contribution in [0, 0.1) is 0 Å². The maximum absolute atomic E-state index is 13.5. The van der Waals surface area contributed by atoms with E-state index in [1.165, 1.54) is 12.1 Å². The molecule has 5 aromatic rings. The summed E-state index contributed by atoms with van der Waals surface area (Å²) in [5.74, 6) is -1.59. The smallest absolute Gasteiger partial charge is 0.361 e. The highest BCUT2D eigenvalue weighted by Gasteiger charge is 2.30. The number of aromatic nitrogens is 1. The van der Waals surface area contributed by atoms with Crippen LogP contribution >= 0.6 is 11.8 Å². The van der Waals surface area contributed by atoms with Crippen LogP contribution in [0.2, 0.25) is 0 Å². The topological polar surface area (TPSA) is 103 Å². The summed E-state index contributed by atoms with van der Waals surface area (Å²) in [4.78, 5) is 42.6. The summed E-state index contributed by atoms with van der Waals surface area (Å²) in [7, 11) is 0. The second-order valence-electron chi connectivity index (χ2n) is 9.57. The van der Waals surface area contributed by atoms with E-state index >= 15 is 0 Å². The average Bonchev–Trinajstić information content (AvgIpc) is 3.42. The van der Waals surface area contributed by atoms with Gasteiger partial charge in [0.2, 0.25) is 5.91 Å². The minimum absolute atomic E-state index is 0.0159. The third-order valence-electron chi connectivity index (χ3n) is 6.39. The second-order valence-corrected chi connectivity index (χ2v) is 10.6. The molecule has 4 N–H and O–H groups in total. The molecule has 0 unspecified atom stereocenters. The van der Waals surface area contributed by atoms with Crippen molar-refractivity contribution in [2.24, 2.45) is 0 Å². The van der Waals surface area contributed by atoms with Crippen LogP contribution in [0.1, 0.15) is 21.5 Å². The molecule has 222 valence electrons. The molecule has 0 aliphatic heterocycles. The number of thioether (sulfide) groups is 1. The largest absolute Gasteiger partial charge is 0.416 e. The SMILES string of the molecule is O=C(CSc1cccc(NC(=O)/C(=C/c2c[nH]c3ccccc23)NC(=O)c2ccccc2)c1)Nc1cccc(C(F)(F)F)c1. The number of hydrogen-bond donors (Lipinski definition) is 4. The number of carbonyl (C=O) groups excluding carboxylic acids is 3. The number of fused-ring (bicyclic) bond motifs is 1. The molecule has 0 bridgehead atoms. The standard InChI is InChI=1S/C33H25F3N4O3S/c34-33(35,36)23-10-6-11-24(17-23)38-30(41)20-44-26-13-7-12-25(18-26)39-32(43)29(40-31(42)21-8-2-1-3-9-21)16-22-19-37-28-15-5-4-14-27(22)28/h1-19,37H,20H2,(H,38,41)(H,39,43)(H,40,42)/b29-16-. The van der Waals surface area contributed by atoms with E-state index in [0.29, 0.717) is 21.7 Å². The van der Waals surface area contributed by atoms with Crippen LogP contribution in [-0.2, 0) is 15.8 Å². The molecule has 0 aliphatic rings. The van der Waals surface area contributed by atoms with Crippen LogP contribution in [0.4, 0.5) is 24.5 Å². The maximum Gasteiger partial charge on any atom is 0.416 e. The number of H-pyrrole nitrogens is 1. The normalized spacial score (nSPS) is 11.7. The Balaban J connectivity index is 1.29. The Morgan fingerprint density at radius 1 is 0.795 bits per heavy atom. The van der Waals surface area contributed by atoms with Gasteiger partial charge >= 0.3 is 6.18 Å². The van der Waals surface area contributed by atoms with E-state index in [0.717, 1.165) is 34.8 Å². The van der Waals surface area contributed by atoms with Crippen molar-refractivity contribution in [3.05, 3.63) is 132 Å². The van der Waals surface area contributed by atoms with E-state index in [9.17, 15) is 27.6 Å². The van der Waals surface area contributed by atoms with Gasteiger partial charge in [-0.3, -0.25) is 14.4 Å². The van der Waals surface area contributed by atoms with Gasteiger partial charge in [0, 0.05) is 44.5 Å². The van der Waals surface area contributed by atoms with Gasteiger partial charge in [-0.2, -0.15) is 13.2 Å². The summed E-state index contributed by atoms with van der Waals surface area (Å²) < 4.78 is 38.9. The number of halogens is 3. The number of hydrogen-bond acceptors (Lipinski definition) is 4. The lowest BCUT2D eigenvalue weighted by molar-refractivity contribution is -0.137. The lowest BCUT2D eigenvalue weighted by Crippen LogP contribution is -2.30. The minimum atomic E-state index is -4.52.